The highest BCUT2D eigenvalue weighted by molar-refractivity contribution is 5.93. The van der Waals surface area contributed by atoms with Gasteiger partial charge in [0.2, 0.25) is 11.8 Å². The van der Waals surface area contributed by atoms with Crippen LogP contribution in [0.15, 0.2) is 54.6 Å². The number of fused-ring (bicyclic) bond motifs is 1. The number of benzene rings is 2. The van der Waals surface area contributed by atoms with Gasteiger partial charge in [0.25, 0.3) is 0 Å². The molecule has 7 nitrogen and oxygen atoms in total. The SMILES string of the molecule is C[C@H]1c2nc(-c3ccccc3)nn2CCN1C(=O)CCC(=O)Nc1cccc(F)c1. The second kappa shape index (κ2) is 8.44. The summed E-state index contributed by atoms with van der Waals surface area (Å²) in [6, 6.07) is 15.1. The molecule has 1 aliphatic rings. The highest BCUT2D eigenvalue weighted by atomic mass is 19.1. The molecule has 1 N–H and O–H groups in total. The molecule has 0 saturated heterocycles. The minimum atomic E-state index is -0.426. The maximum absolute atomic E-state index is 13.2. The fourth-order valence-electron chi connectivity index (χ4n) is 3.57. The summed E-state index contributed by atoms with van der Waals surface area (Å²) in [5.74, 6) is 0.504. The molecule has 0 saturated carbocycles. The molecule has 8 heteroatoms. The minimum absolute atomic E-state index is 0.0283. The van der Waals surface area contributed by atoms with E-state index in [-0.39, 0.29) is 30.7 Å². The summed E-state index contributed by atoms with van der Waals surface area (Å²) in [6.07, 6.45) is 0.103. The molecule has 0 fully saturated rings. The van der Waals surface area contributed by atoms with Gasteiger partial charge in [-0.05, 0) is 25.1 Å². The van der Waals surface area contributed by atoms with Crippen molar-refractivity contribution in [1.29, 1.82) is 0 Å². The molecule has 3 aromatic rings. The normalized spacial score (nSPS) is 15.5. The molecule has 0 unspecified atom stereocenters. The number of nitrogens with one attached hydrogen (secondary N) is 1. The van der Waals surface area contributed by atoms with E-state index in [4.69, 9.17) is 0 Å². The quantitative estimate of drug-likeness (QED) is 0.703. The lowest BCUT2D eigenvalue weighted by Gasteiger charge is -2.33. The van der Waals surface area contributed by atoms with E-state index in [0.29, 0.717) is 24.6 Å². The van der Waals surface area contributed by atoms with Gasteiger partial charge in [-0.3, -0.25) is 9.59 Å². The number of aromatic nitrogens is 3. The molecule has 2 aromatic carbocycles. The first-order chi connectivity index (χ1) is 14.5. The zero-order valence-corrected chi connectivity index (χ0v) is 16.6. The number of nitrogens with zero attached hydrogens (tertiary/aromatic N) is 4. The van der Waals surface area contributed by atoms with Gasteiger partial charge in [-0.25, -0.2) is 14.1 Å². The lowest BCUT2D eigenvalue weighted by atomic mass is 10.1. The van der Waals surface area contributed by atoms with Crippen LogP contribution in [-0.4, -0.2) is 38.0 Å². The average Bonchev–Trinajstić information content (AvgIpc) is 3.18. The van der Waals surface area contributed by atoms with Crippen molar-refractivity contribution in [2.24, 2.45) is 0 Å². The Hall–Kier alpha value is -3.55. The van der Waals surface area contributed by atoms with Crippen LogP contribution >= 0.6 is 0 Å². The van der Waals surface area contributed by atoms with Crippen molar-refractivity contribution in [3.8, 4) is 11.4 Å². The summed E-state index contributed by atoms with van der Waals surface area (Å²) in [5, 5.41) is 7.18. The zero-order valence-electron chi connectivity index (χ0n) is 16.6. The standard InChI is InChI=1S/C22H22FN5O2/c1-15-22-25-21(16-6-3-2-4-7-16)26-28(22)13-12-27(15)20(30)11-10-19(29)24-18-9-5-8-17(23)14-18/h2-9,14-15H,10-13H2,1H3,(H,24,29)/t15-/m0/s1. The van der Waals surface area contributed by atoms with Gasteiger partial charge in [0.05, 0.1) is 12.6 Å². The van der Waals surface area contributed by atoms with E-state index in [9.17, 15) is 14.0 Å². The van der Waals surface area contributed by atoms with Crippen molar-refractivity contribution in [1.82, 2.24) is 19.7 Å². The highest BCUT2D eigenvalue weighted by Crippen LogP contribution is 2.27. The fraction of sp³-hybridized carbons (Fsp3) is 0.273. The van der Waals surface area contributed by atoms with Gasteiger partial charge >= 0.3 is 0 Å². The van der Waals surface area contributed by atoms with E-state index >= 15 is 0 Å². The molecule has 154 valence electrons. The molecule has 1 aliphatic heterocycles. The summed E-state index contributed by atoms with van der Waals surface area (Å²) in [7, 11) is 0. The average molecular weight is 407 g/mol. The van der Waals surface area contributed by atoms with Crippen molar-refractivity contribution in [3.05, 3.63) is 66.2 Å². The van der Waals surface area contributed by atoms with Crippen LogP contribution < -0.4 is 5.32 Å². The maximum Gasteiger partial charge on any atom is 0.224 e. The summed E-state index contributed by atoms with van der Waals surface area (Å²) >= 11 is 0. The predicted octanol–water partition coefficient (Wildman–Crippen LogP) is 3.41. The summed E-state index contributed by atoms with van der Waals surface area (Å²) in [6.45, 7) is 2.98. The van der Waals surface area contributed by atoms with Crippen LogP contribution in [0.4, 0.5) is 10.1 Å². The van der Waals surface area contributed by atoms with Crippen LogP contribution in [0.25, 0.3) is 11.4 Å². The molecule has 1 atom stereocenters. The third-order valence-corrected chi connectivity index (χ3v) is 5.12. The predicted molar refractivity (Wildman–Crippen MR) is 110 cm³/mol. The van der Waals surface area contributed by atoms with Gasteiger partial charge in [-0.1, -0.05) is 36.4 Å². The monoisotopic (exact) mass is 407 g/mol. The van der Waals surface area contributed by atoms with Gasteiger partial charge in [-0.2, -0.15) is 5.10 Å². The van der Waals surface area contributed by atoms with Crippen LogP contribution in [0.5, 0.6) is 0 Å². The van der Waals surface area contributed by atoms with E-state index in [2.05, 4.69) is 15.4 Å². The number of carbonyl (C=O) groups excluding carboxylic acids is 2. The van der Waals surface area contributed by atoms with E-state index in [1.165, 1.54) is 18.2 Å². The van der Waals surface area contributed by atoms with Crippen LogP contribution in [0.3, 0.4) is 0 Å². The van der Waals surface area contributed by atoms with Gasteiger partial charge < -0.3 is 10.2 Å². The summed E-state index contributed by atoms with van der Waals surface area (Å²) < 4.78 is 15.1. The first-order valence-corrected chi connectivity index (χ1v) is 9.86. The van der Waals surface area contributed by atoms with Crippen molar-refractivity contribution in [3.63, 3.8) is 0 Å². The Labute approximate surface area is 173 Å². The van der Waals surface area contributed by atoms with E-state index in [1.54, 1.807) is 11.0 Å². The molecule has 2 amide bonds. The van der Waals surface area contributed by atoms with Gasteiger partial charge in [0, 0.05) is 30.6 Å². The lowest BCUT2D eigenvalue weighted by Crippen LogP contribution is -2.41. The molecule has 1 aromatic heterocycles. The second-order valence-electron chi connectivity index (χ2n) is 7.20. The Morgan fingerprint density at radius 1 is 1.10 bits per heavy atom. The number of amides is 2. The summed E-state index contributed by atoms with van der Waals surface area (Å²) in [4.78, 5) is 31.2. The molecule has 30 heavy (non-hydrogen) atoms. The van der Waals surface area contributed by atoms with Crippen molar-refractivity contribution in [2.75, 3.05) is 11.9 Å². The molecule has 0 spiro atoms. The fourth-order valence-corrected chi connectivity index (χ4v) is 3.57. The number of anilines is 1. The molecule has 0 radical (unpaired) electrons. The number of carbonyl (C=O) groups is 2. The maximum atomic E-state index is 13.2. The van der Waals surface area contributed by atoms with Gasteiger partial charge in [-0.15, -0.1) is 0 Å². The topological polar surface area (TPSA) is 80.1 Å². The summed E-state index contributed by atoms with van der Waals surface area (Å²) in [5.41, 5.74) is 1.30. The lowest BCUT2D eigenvalue weighted by molar-refractivity contribution is -0.136. The first kappa shape index (κ1) is 19.8. The minimum Gasteiger partial charge on any atom is -0.331 e. The molecular formula is C22H22FN5O2. The Morgan fingerprint density at radius 2 is 1.90 bits per heavy atom. The largest absolute Gasteiger partial charge is 0.331 e. The van der Waals surface area contributed by atoms with Crippen molar-refractivity contribution in [2.45, 2.75) is 32.4 Å². The Bertz CT molecular complexity index is 1070. The first-order valence-electron chi connectivity index (χ1n) is 9.86. The Kier molecular flexibility index (Phi) is 5.56. The molecular weight excluding hydrogens is 385 g/mol. The van der Waals surface area contributed by atoms with E-state index in [0.717, 1.165) is 11.4 Å². The van der Waals surface area contributed by atoms with Crippen LogP contribution in [0.1, 0.15) is 31.6 Å². The third-order valence-electron chi connectivity index (χ3n) is 5.12. The van der Waals surface area contributed by atoms with Crippen LogP contribution in [-0.2, 0) is 16.1 Å². The Morgan fingerprint density at radius 3 is 2.67 bits per heavy atom. The smallest absolute Gasteiger partial charge is 0.224 e. The zero-order chi connectivity index (χ0) is 21.1. The second-order valence-corrected chi connectivity index (χ2v) is 7.20. The number of hydrogen-bond donors (Lipinski definition) is 1. The van der Waals surface area contributed by atoms with Gasteiger partial charge in [0.1, 0.15) is 11.6 Å². The molecule has 0 aliphatic carbocycles. The van der Waals surface area contributed by atoms with Crippen molar-refractivity contribution < 1.29 is 14.0 Å². The number of rotatable bonds is 5. The van der Waals surface area contributed by atoms with Crippen molar-refractivity contribution >= 4 is 17.5 Å². The van der Waals surface area contributed by atoms with E-state index < -0.39 is 5.82 Å². The highest BCUT2D eigenvalue weighted by Gasteiger charge is 2.30. The Balaban J connectivity index is 1.37. The molecule has 4 rings (SSSR count). The van der Waals surface area contributed by atoms with Gasteiger partial charge in [0.15, 0.2) is 5.82 Å². The molecule has 2 heterocycles. The third kappa shape index (κ3) is 4.22. The van der Waals surface area contributed by atoms with E-state index in [1.807, 2.05) is 41.9 Å². The van der Waals surface area contributed by atoms with Crippen LogP contribution in [0.2, 0.25) is 0 Å². The number of hydrogen-bond acceptors (Lipinski definition) is 4. The number of halogens is 1. The molecule has 0 bridgehead atoms. The van der Waals surface area contributed by atoms with Crippen LogP contribution in [0, 0.1) is 5.82 Å².